The summed E-state index contributed by atoms with van der Waals surface area (Å²) < 4.78 is 84.8. The Hall–Kier alpha value is -3.77. The number of carbonyl (C=O) groups is 1. The van der Waals surface area contributed by atoms with E-state index in [1.807, 2.05) is 0 Å². The summed E-state index contributed by atoms with van der Waals surface area (Å²) in [5.41, 5.74) is -2.99. The predicted octanol–water partition coefficient (Wildman–Crippen LogP) is 5.03. The van der Waals surface area contributed by atoms with Crippen molar-refractivity contribution in [2.75, 3.05) is 0 Å². The van der Waals surface area contributed by atoms with E-state index in [0.29, 0.717) is 23.4 Å². The van der Waals surface area contributed by atoms with Crippen LogP contribution >= 0.6 is 0 Å². The van der Waals surface area contributed by atoms with E-state index in [1.165, 1.54) is 18.5 Å². The Morgan fingerprint density at radius 1 is 1.03 bits per heavy atom. The molecule has 3 heterocycles. The number of pyridine rings is 2. The van der Waals surface area contributed by atoms with Crippen molar-refractivity contribution in [3.05, 3.63) is 59.4 Å². The SMILES string of the molecule is Cc1cc(/C(=C\n2cnc(-c3cc(C(F)(F)F)nc(C(F)(F)F)c3)n2)C(=O)OC(C)C)ccn1. The Labute approximate surface area is 189 Å². The van der Waals surface area contributed by atoms with E-state index in [0.717, 1.165) is 11.0 Å². The molecule has 3 rings (SSSR count). The summed E-state index contributed by atoms with van der Waals surface area (Å²) in [4.78, 5) is 23.1. The van der Waals surface area contributed by atoms with Gasteiger partial charge in [-0.3, -0.25) is 4.98 Å². The van der Waals surface area contributed by atoms with Gasteiger partial charge in [0.05, 0.1) is 11.7 Å². The zero-order valence-corrected chi connectivity index (χ0v) is 17.9. The zero-order chi connectivity index (χ0) is 25.3. The summed E-state index contributed by atoms with van der Waals surface area (Å²) in [6, 6.07) is 3.96. The normalized spacial score (nSPS) is 12.8. The molecule has 0 spiro atoms. The molecule has 0 fully saturated rings. The predicted molar refractivity (Wildman–Crippen MR) is 108 cm³/mol. The number of alkyl halides is 6. The molecule has 34 heavy (non-hydrogen) atoms. The van der Waals surface area contributed by atoms with Crippen LogP contribution in [0.15, 0.2) is 36.8 Å². The fourth-order valence-electron chi connectivity index (χ4n) is 2.79. The van der Waals surface area contributed by atoms with E-state index in [4.69, 9.17) is 4.74 Å². The molecule has 3 aromatic heterocycles. The zero-order valence-electron chi connectivity index (χ0n) is 17.9. The number of hydrogen-bond acceptors (Lipinski definition) is 6. The van der Waals surface area contributed by atoms with Gasteiger partial charge in [0.1, 0.15) is 17.7 Å². The molecule has 180 valence electrons. The summed E-state index contributed by atoms with van der Waals surface area (Å²) in [7, 11) is 0. The minimum atomic E-state index is -5.12. The molecule has 0 aliphatic rings. The van der Waals surface area contributed by atoms with Gasteiger partial charge in [-0.2, -0.15) is 26.3 Å². The van der Waals surface area contributed by atoms with Crippen LogP contribution in [-0.2, 0) is 21.9 Å². The molecule has 0 amide bonds. The molecular formula is C21H17F6N5O2. The van der Waals surface area contributed by atoms with Gasteiger partial charge in [0, 0.05) is 23.7 Å². The van der Waals surface area contributed by atoms with Gasteiger partial charge in [-0.1, -0.05) is 0 Å². The number of hydrogen-bond donors (Lipinski definition) is 0. The van der Waals surface area contributed by atoms with Crippen molar-refractivity contribution in [3.8, 4) is 11.4 Å². The fourth-order valence-corrected chi connectivity index (χ4v) is 2.79. The smallest absolute Gasteiger partial charge is 0.433 e. The van der Waals surface area contributed by atoms with Crippen molar-refractivity contribution < 1.29 is 35.9 Å². The standard InChI is InChI=1S/C21H17F6N5O2/c1-11(2)34-19(33)15(13-4-5-28-12(3)6-13)9-32-10-29-18(31-32)14-7-16(20(22,23)24)30-17(8-14)21(25,26)27/h4-11H,1-3H3/b15-9+. The number of ether oxygens (including phenoxy) is 1. The molecule has 0 unspecified atom stereocenters. The van der Waals surface area contributed by atoms with Gasteiger partial charge >= 0.3 is 18.3 Å². The van der Waals surface area contributed by atoms with Crippen LogP contribution in [-0.4, -0.2) is 36.8 Å². The second-order valence-corrected chi connectivity index (χ2v) is 7.35. The van der Waals surface area contributed by atoms with Gasteiger partial charge in [-0.15, -0.1) is 5.10 Å². The quantitative estimate of drug-likeness (QED) is 0.286. The molecule has 13 heteroatoms. The molecule has 0 saturated carbocycles. The average molecular weight is 485 g/mol. The summed E-state index contributed by atoms with van der Waals surface area (Å²) in [5, 5.41) is 3.92. The third kappa shape index (κ3) is 5.97. The first-order chi connectivity index (χ1) is 15.7. The molecule has 0 radical (unpaired) electrons. The summed E-state index contributed by atoms with van der Waals surface area (Å²) in [5.74, 6) is -1.16. The monoisotopic (exact) mass is 485 g/mol. The molecule has 0 bridgehead atoms. The van der Waals surface area contributed by atoms with Crippen molar-refractivity contribution in [2.45, 2.75) is 39.2 Å². The van der Waals surface area contributed by atoms with Crippen LogP contribution in [0.1, 0.15) is 36.5 Å². The number of rotatable bonds is 5. The minimum Gasteiger partial charge on any atom is -0.459 e. The Morgan fingerprint density at radius 2 is 1.65 bits per heavy atom. The van der Waals surface area contributed by atoms with Crippen LogP contribution in [0.25, 0.3) is 23.2 Å². The van der Waals surface area contributed by atoms with Crippen LogP contribution in [0.3, 0.4) is 0 Å². The molecular weight excluding hydrogens is 468 g/mol. The highest BCUT2D eigenvalue weighted by Crippen LogP contribution is 2.35. The van der Waals surface area contributed by atoms with E-state index in [9.17, 15) is 31.1 Å². The number of halogens is 6. The Morgan fingerprint density at radius 3 is 2.18 bits per heavy atom. The lowest BCUT2D eigenvalue weighted by Gasteiger charge is -2.12. The molecule has 0 N–H and O–H groups in total. The number of aromatic nitrogens is 5. The van der Waals surface area contributed by atoms with Crippen molar-refractivity contribution in [2.24, 2.45) is 0 Å². The molecule has 7 nitrogen and oxygen atoms in total. The van der Waals surface area contributed by atoms with Gasteiger partial charge in [-0.25, -0.2) is 19.4 Å². The van der Waals surface area contributed by atoms with Crippen LogP contribution in [0, 0.1) is 6.92 Å². The highest BCUT2D eigenvalue weighted by Gasteiger charge is 2.39. The molecule has 0 aromatic carbocycles. The van der Waals surface area contributed by atoms with Gasteiger partial charge in [0.2, 0.25) is 0 Å². The highest BCUT2D eigenvalue weighted by atomic mass is 19.4. The van der Waals surface area contributed by atoms with E-state index in [2.05, 4.69) is 20.1 Å². The lowest BCUT2D eigenvalue weighted by Crippen LogP contribution is -2.15. The maximum atomic E-state index is 13.1. The number of esters is 1. The summed E-state index contributed by atoms with van der Waals surface area (Å²) in [6.45, 7) is 4.98. The minimum absolute atomic E-state index is 0.0253. The first-order valence-electron chi connectivity index (χ1n) is 9.68. The number of nitrogens with zero attached hydrogens (tertiary/aromatic N) is 5. The molecule has 0 saturated heterocycles. The average Bonchev–Trinajstić information content (AvgIpc) is 3.18. The van der Waals surface area contributed by atoms with Crippen LogP contribution in [0.4, 0.5) is 26.3 Å². The molecule has 3 aromatic rings. The Bertz CT molecular complexity index is 1200. The van der Waals surface area contributed by atoms with Crippen LogP contribution in [0.2, 0.25) is 0 Å². The van der Waals surface area contributed by atoms with Crippen LogP contribution < -0.4 is 0 Å². The van der Waals surface area contributed by atoms with Crippen molar-refractivity contribution in [3.63, 3.8) is 0 Å². The van der Waals surface area contributed by atoms with Crippen molar-refractivity contribution in [1.82, 2.24) is 24.7 Å². The van der Waals surface area contributed by atoms with Gasteiger partial charge in [0.15, 0.2) is 5.82 Å². The molecule has 0 aliphatic carbocycles. The topological polar surface area (TPSA) is 82.8 Å². The first-order valence-corrected chi connectivity index (χ1v) is 9.68. The number of carbonyl (C=O) groups excluding carboxylic acids is 1. The van der Waals surface area contributed by atoms with Crippen molar-refractivity contribution >= 4 is 17.7 Å². The van der Waals surface area contributed by atoms with E-state index in [-0.39, 0.29) is 5.57 Å². The summed E-state index contributed by atoms with van der Waals surface area (Å²) in [6.07, 6.45) is -7.00. The third-order valence-corrected chi connectivity index (χ3v) is 4.20. The molecule has 0 atom stereocenters. The second-order valence-electron chi connectivity index (χ2n) is 7.35. The van der Waals surface area contributed by atoms with E-state index in [1.54, 1.807) is 26.8 Å². The number of aryl methyl sites for hydroxylation is 1. The third-order valence-electron chi connectivity index (χ3n) is 4.20. The lowest BCUT2D eigenvalue weighted by atomic mass is 10.1. The van der Waals surface area contributed by atoms with Gasteiger partial charge in [0.25, 0.3) is 0 Å². The Kier molecular flexibility index (Phi) is 6.75. The van der Waals surface area contributed by atoms with E-state index < -0.39 is 47.2 Å². The Balaban J connectivity index is 2.08. The molecule has 0 aliphatic heterocycles. The van der Waals surface area contributed by atoms with Gasteiger partial charge < -0.3 is 4.74 Å². The van der Waals surface area contributed by atoms with Crippen LogP contribution in [0.5, 0.6) is 0 Å². The fraction of sp³-hybridized carbons (Fsp3) is 0.286. The first kappa shape index (κ1) is 24.9. The van der Waals surface area contributed by atoms with E-state index >= 15 is 0 Å². The maximum Gasteiger partial charge on any atom is 0.433 e. The second kappa shape index (κ2) is 9.23. The summed E-state index contributed by atoms with van der Waals surface area (Å²) >= 11 is 0. The maximum absolute atomic E-state index is 13.1. The lowest BCUT2D eigenvalue weighted by molar-refractivity contribution is -0.150. The highest BCUT2D eigenvalue weighted by molar-refractivity contribution is 6.20. The van der Waals surface area contributed by atoms with Crippen molar-refractivity contribution in [1.29, 1.82) is 0 Å². The largest absolute Gasteiger partial charge is 0.459 e. The van der Waals surface area contributed by atoms with Gasteiger partial charge in [-0.05, 0) is 50.6 Å².